The minimum Gasteiger partial charge on any atom is -0.465 e. The van der Waals surface area contributed by atoms with Gasteiger partial charge in [-0.2, -0.15) is 0 Å². The van der Waals surface area contributed by atoms with Crippen molar-refractivity contribution in [3.05, 3.63) is 15.0 Å². The first-order chi connectivity index (χ1) is 5.15. The number of hydrogen-bond acceptors (Lipinski definition) is 4. The number of methoxy groups -OCH3 is 1. The van der Waals surface area contributed by atoms with E-state index < -0.39 is 5.97 Å². The Balaban J connectivity index is 3.03. The molecule has 5 heteroatoms. The van der Waals surface area contributed by atoms with Crippen molar-refractivity contribution in [3.63, 3.8) is 0 Å². The summed E-state index contributed by atoms with van der Waals surface area (Å²) in [6.07, 6.45) is 0. The predicted octanol–water partition coefficient (Wildman–Crippen LogP) is 1.89. The van der Waals surface area contributed by atoms with E-state index in [-0.39, 0.29) is 5.15 Å². The van der Waals surface area contributed by atoms with Gasteiger partial charge in [0.05, 0.1) is 12.1 Å². The highest BCUT2D eigenvalue weighted by molar-refractivity contribution is 7.14. The molecule has 1 heterocycles. The molecule has 0 aromatic carbocycles. The van der Waals surface area contributed by atoms with Crippen LogP contribution in [0.15, 0.2) is 0 Å². The highest BCUT2D eigenvalue weighted by Crippen LogP contribution is 2.22. The van der Waals surface area contributed by atoms with E-state index in [9.17, 15) is 4.79 Å². The maximum absolute atomic E-state index is 10.9. The lowest BCUT2D eigenvalue weighted by atomic mass is 10.6. The monoisotopic (exact) mass is 191 g/mol. The molecule has 0 unspecified atom stereocenters. The van der Waals surface area contributed by atoms with Gasteiger partial charge in [0.1, 0.15) is 0 Å². The molecule has 60 valence electrons. The molecule has 11 heavy (non-hydrogen) atoms. The van der Waals surface area contributed by atoms with Crippen LogP contribution in [0.2, 0.25) is 5.15 Å². The lowest BCUT2D eigenvalue weighted by molar-refractivity contribution is 0.0606. The second kappa shape index (κ2) is 3.19. The van der Waals surface area contributed by atoms with Crippen molar-refractivity contribution in [2.75, 3.05) is 7.11 Å². The van der Waals surface area contributed by atoms with E-state index in [4.69, 9.17) is 11.6 Å². The quantitative estimate of drug-likeness (QED) is 0.637. The third-order valence-electron chi connectivity index (χ3n) is 1.06. The van der Waals surface area contributed by atoms with E-state index in [1.54, 1.807) is 6.92 Å². The molecule has 3 nitrogen and oxygen atoms in total. The minimum atomic E-state index is -0.430. The van der Waals surface area contributed by atoms with Gasteiger partial charge in [-0.25, -0.2) is 9.78 Å². The number of esters is 1. The van der Waals surface area contributed by atoms with Crippen LogP contribution in [0.3, 0.4) is 0 Å². The van der Waals surface area contributed by atoms with E-state index in [1.165, 1.54) is 18.4 Å². The molecule has 0 aliphatic rings. The van der Waals surface area contributed by atoms with Crippen molar-refractivity contribution < 1.29 is 9.53 Å². The number of thiazole rings is 1. The zero-order valence-electron chi connectivity index (χ0n) is 6.05. The summed E-state index contributed by atoms with van der Waals surface area (Å²) in [6.45, 7) is 1.78. The van der Waals surface area contributed by atoms with Gasteiger partial charge in [0.15, 0.2) is 10.0 Å². The highest BCUT2D eigenvalue weighted by Gasteiger charge is 2.14. The number of carbonyl (C=O) groups excluding carboxylic acids is 1. The zero-order chi connectivity index (χ0) is 8.43. The van der Waals surface area contributed by atoms with Crippen molar-refractivity contribution >= 4 is 28.9 Å². The summed E-state index contributed by atoms with van der Waals surface area (Å²) in [5.41, 5.74) is 0. The Labute approximate surface area is 73.0 Å². The Bertz CT molecular complexity index is 284. The lowest BCUT2D eigenvalue weighted by Crippen LogP contribution is -1.98. The summed E-state index contributed by atoms with van der Waals surface area (Å²) in [4.78, 5) is 15.1. The molecule has 0 saturated carbocycles. The first kappa shape index (κ1) is 8.49. The van der Waals surface area contributed by atoms with Gasteiger partial charge in [-0.1, -0.05) is 11.6 Å². The average Bonchev–Trinajstić information content (AvgIpc) is 2.28. The van der Waals surface area contributed by atoms with Gasteiger partial charge in [-0.3, -0.25) is 0 Å². The standard InChI is InChI=1S/C6H6ClNO2S/c1-3-8-5(7)4(11-3)6(9)10-2/h1-2H3. The van der Waals surface area contributed by atoms with Gasteiger partial charge in [0, 0.05) is 0 Å². The van der Waals surface area contributed by atoms with Gasteiger partial charge in [-0.05, 0) is 6.92 Å². The lowest BCUT2D eigenvalue weighted by Gasteiger charge is -1.91. The zero-order valence-corrected chi connectivity index (χ0v) is 7.62. The number of hydrogen-bond donors (Lipinski definition) is 0. The Kier molecular flexibility index (Phi) is 2.46. The molecular formula is C6H6ClNO2S. The topological polar surface area (TPSA) is 39.2 Å². The number of rotatable bonds is 1. The molecule has 0 aliphatic carbocycles. The Hall–Kier alpha value is -0.610. The molecule has 0 saturated heterocycles. The first-order valence-corrected chi connectivity index (χ1v) is 4.06. The molecular weight excluding hydrogens is 186 g/mol. The maximum atomic E-state index is 10.9. The number of carbonyl (C=O) groups is 1. The average molecular weight is 192 g/mol. The normalized spacial score (nSPS) is 9.73. The number of aryl methyl sites for hydroxylation is 1. The molecule has 0 N–H and O–H groups in total. The van der Waals surface area contributed by atoms with E-state index in [0.29, 0.717) is 4.88 Å². The molecule has 0 spiro atoms. The van der Waals surface area contributed by atoms with Crippen molar-refractivity contribution in [2.24, 2.45) is 0 Å². The van der Waals surface area contributed by atoms with Crippen molar-refractivity contribution in [1.82, 2.24) is 4.98 Å². The van der Waals surface area contributed by atoms with E-state index in [1.807, 2.05) is 0 Å². The second-order valence-electron chi connectivity index (χ2n) is 1.84. The molecule has 0 bridgehead atoms. The predicted molar refractivity (Wildman–Crippen MR) is 43.2 cm³/mol. The third kappa shape index (κ3) is 1.70. The van der Waals surface area contributed by atoms with Gasteiger partial charge in [-0.15, -0.1) is 11.3 Å². The summed E-state index contributed by atoms with van der Waals surface area (Å²) < 4.78 is 4.48. The summed E-state index contributed by atoms with van der Waals surface area (Å²) in [7, 11) is 1.31. The number of aromatic nitrogens is 1. The Morgan fingerprint density at radius 3 is 2.73 bits per heavy atom. The molecule has 1 aromatic rings. The molecule has 0 aliphatic heterocycles. The van der Waals surface area contributed by atoms with Crippen LogP contribution in [-0.2, 0) is 4.74 Å². The molecule has 1 aromatic heterocycles. The van der Waals surface area contributed by atoms with Gasteiger partial charge < -0.3 is 4.74 Å². The van der Waals surface area contributed by atoms with Gasteiger partial charge in [0.2, 0.25) is 0 Å². The fourth-order valence-electron chi connectivity index (χ4n) is 0.620. The SMILES string of the molecule is COC(=O)c1sc(C)nc1Cl. The molecule has 0 radical (unpaired) electrons. The summed E-state index contributed by atoms with van der Waals surface area (Å²) in [6, 6.07) is 0. The Morgan fingerprint density at radius 1 is 1.73 bits per heavy atom. The van der Waals surface area contributed by atoms with Crippen LogP contribution in [0.1, 0.15) is 14.7 Å². The second-order valence-corrected chi connectivity index (χ2v) is 3.41. The van der Waals surface area contributed by atoms with Crippen LogP contribution < -0.4 is 0 Å². The van der Waals surface area contributed by atoms with Crippen molar-refractivity contribution in [3.8, 4) is 0 Å². The maximum Gasteiger partial charge on any atom is 0.351 e. The fourth-order valence-corrected chi connectivity index (χ4v) is 1.72. The van der Waals surface area contributed by atoms with Crippen LogP contribution in [0.5, 0.6) is 0 Å². The number of halogens is 1. The molecule has 0 fully saturated rings. The summed E-state index contributed by atoms with van der Waals surface area (Å²) in [5, 5.41) is 0.981. The highest BCUT2D eigenvalue weighted by atomic mass is 35.5. The third-order valence-corrected chi connectivity index (χ3v) is 2.40. The van der Waals surface area contributed by atoms with Crippen LogP contribution in [0, 0.1) is 6.92 Å². The van der Waals surface area contributed by atoms with E-state index in [0.717, 1.165) is 5.01 Å². The van der Waals surface area contributed by atoms with Crippen LogP contribution in [0.25, 0.3) is 0 Å². The van der Waals surface area contributed by atoms with Crippen molar-refractivity contribution in [2.45, 2.75) is 6.92 Å². The van der Waals surface area contributed by atoms with E-state index >= 15 is 0 Å². The largest absolute Gasteiger partial charge is 0.465 e. The van der Waals surface area contributed by atoms with Gasteiger partial charge in [0.25, 0.3) is 0 Å². The molecule has 0 amide bonds. The Morgan fingerprint density at radius 2 is 2.36 bits per heavy atom. The fraction of sp³-hybridized carbons (Fsp3) is 0.333. The minimum absolute atomic E-state index is 0.222. The number of nitrogens with zero attached hydrogens (tertiary/aromatic N) is 1. The smallest absolute Gasteiger partial charge is 0.351 e. The van der Waals surface area contributed by atoms with Crippen molar-refractivity contribution in [1.29, 1.82) is 0 Å². The van der Waals surface area contributed by atoms with Crippen LogP contribution in [-0.4, -0.2) is 18.1 Å². The molecule has 1 rings (SSSR count). The summed E-state index contributed by atoms with van der Waals surface area (Å²) in [5.74, 6) is -0.430. The van der Waals surface area contributed by atoms with Crippen LogP contribution in [0.4, 0.5) is 0 Å². The first-order valence-electron chi connectivity index (χ1n) is 2.86. The van der Waals surface area contributed by atoms with E-state index in [2.05, 4.69) is 9.72 Å². The summed E-state index contributed by atoms with van der Waals surface area (Å²) >= 11 is 6.85. The number of ether oxygens (including phenoxy) is 1. The van der Waals surface area contributed by atoms with Gasteiger partial charge >= 0.3 is 5.97 Å². The van der Waals surface area contributed by atoms with Crippen LogP contribution >= 0.6 is 22.9 Å². The molecule has 0 atom stereocenters.